The molecule has 4 N–H and O–H groups in total. The molecule has 0 aliphatic carbocycles. The number of carbonyl (C=O) groups is 1. The summed E-state index contributed by atoms with van der Waals surface area (Å²) in [5, 5.41) is 11.6. The summed E-state index contributed by atoms with van der Waals surface area (Å²) in [6, 6.07) is -1.05. The molecular weight excluding hydrogens is 397 g/mol. The summed E-state index contributed by atoms with van der Waals surface area (Å²) < 4.78 is 12.1. The van der Waals surface area contributed by atoms with E-state index in [1.54, 1.807) is 32.9 Å². The molecule has 0 fully saturated rings. The largest absolute Gasteiger partial charge is 0.480 e. The van der Waals surface area contributed by atoms with Gasteiger partial charge in [-0.3, -0.25) is 19.1 Å². The highest BCUT2D eigenvalue weighted by atomic mass is 32.5. The van der Waals surface area contributed by atoms with Gasteiger partial charge in [0.2, 0.25) is 0 Å². The Morgan fingerprint density at radius 2 is 2.15 bits per heavy atom. The number of carboxylic acids is 1. The third kappa shape index (κ3) is 5.68. The molecule has 2 rings (SSSR count). The Bertz CT molecular complexity index is 894. The molecule has 27 heavy (non-hydrogen) atoms. The minimum Gasteiger partial charge on any atom is -0.480 e. The van der Waals surface area contributed by atoms with Gasteiger partial charge in [0, 0.05) is 11.8 Å². The molecule has 150 valence electrons. The van der Waals surface area contributed by atoms with Crippen molar-refractivity contribution in [2.45, 2.75) is 39.1 Å². The number of aromatic nitrogens is 2. The van der Waals surface area contributed by atoms with Crippen molar-refractivity contribution in [3.05, 3.63) is 44.8 Å². The lowest BCUT2D eigenvalue weighted by Crippen LogP contribution is -2.39. The van der Waals surface area contributed by atoms with Crippen LogP contribution in [0, 0.1) is 12.8 Å². The zero-order valence-corrected chi connectivity index (χ0v) is 16.7. The average Bonchev–Trinajstić information content (AvgIpc) is 3.02. The van der Waals surface area contributed by atoms with Gasteiger partial charge in [-0.05, 0) is 30.7 Å². The quantitative estimate of drug-likeness (QED) is 0.344. The lowest BCUT2D eigenvalue weighted by molar-refractivity contribution is -0.140. The number of nitrogens with zero attached hydrogens (tertiary/aromatic N) is 1. The summed E-state index contributed by atoms with van der Waals surface area (Å²) in [5.41, 5.74) is -0.727. The van der Waals surface area contributed by atoms with E-state index in [4.69, 9.17) is 26.2 Å². The van der Waals surface area contributed by atoms with Crippen LogP contribution in [0.15, 0.2) is 27.9 Å². The van der Waals surface area contributed by atoms with Gasteiger partial charge in [-0.2, -0.15) is 0 Å². The van der Waals surface area contributed by atoms with Crippen LogP contribution in [-0.4, -0.2) is 44.3 Å². The van der Waals surface area contributed by atoms with Crippen LogP contribution in [0.5, 0.6) is 0 Å². The lowest BCUT2D eigenvalue weighted by Gasteiger charge is -2.25. The fourth-order valence-electron chi connectivity index (χ4n) is 2.39. The SMILES string of the molecule is Cc1cn([C@H]2C=C[C@@H](COP(O)(=S)NC(C(=O)O)C(C)C)O2)c(=O)[nH]c1=O. The number of aliphatic carboxylic acids is 1. The number of rotatable bonds is 8. The van der Waals surface area contributed by atoms with Gasteiger partial charge in [-0.1, -0.05) is 19.9 Å². The van der Waals surface area contributed by atoms with Crippen LogP contribution < -0.4 is 16.3 Å². The molecule has 4 atom stereocenters. The van der Waals surface area contributed by atoms with Crippen LogP contribution in [0.25, 0.3) is 0 Å². The predicted molar refractivity (Wildman–Crippen MR) is 101 cm³/mol. The van der Waals surface area contributed by atoms with Crippen LogP contribution in [0.1, 0.15) is 25.6 Å². The predicted octanol–water partition coefficient (Wildman–Crippen LogP) is 0.231. The summed E-state index contributed by atoms with van der Waals surface area (Å²) in [6.07, 6.45) is 3.28. The number of carboxylic acid groups (broad SMARTS) is 1. The molecule has 0 aromatic carbocycles. The topological polar surface area (TPSA) is 143 Å². The molecule has 0 saturated carbocycles. The molecule has 0 radical (unpaired) electrons. The monoisotopic (exact) mass is 419 g/mol. The van der Waals surface area contributed by atoms with Gasteiger partial charge in [-0.25, -0.2) is 9.88 Å². The number of aryl methyl sites for hydroxylation is 1. The molecule has 1 aromatic heterocycles. The van der Waals surface area contributed by atoms with E-state index >= 15 is 0 Å². The number of hydrogen-bond donors (Lipinski definition) is 4. The summed E-state index contributed by atoms with van der Waals surface area (Å²) in [6.45, 7) is 1.24. The first-order chi connectivity index (χ1) is 12.5. The molecule has 2 unspecified atom stereocenters. The second-order valence-corrected chi connectivity index (χ2v) is 9.48. The first-order valence-corrected chi connectivity index (χ1v) is 10.8. The molecule has 12 heteroatoms. The number of H-pyrrole nitrogens is 1. The average molecular weight is 419 g/mol. The zero-order chi connectivity index (χ0) is 20.4. The zero-order valence-electron chi connectivity index (χ0n) is 15.0. The smallest absolute Gasteiger partial charge is 0.330 e. The van der Waals surface area contributed by atoms with E-state index in [-0.39, 0.29) is 12.5 Å². The molecule has 1 aliphatic rings. The highest BCUT2D eigenvalue weighted by Crippen LogP contribution is 2.39. The third-order valence-corrected chi connectivity index (χ3v) is 5.61. The van der Waals surface area contributed by atoms with Gasteiger partial charge in [-0.15, -0.1) is 0 Å². The van der Waals surface area contributed by atoms with E-state index in [9.17, 15) is 19.3 Å². The van der Waals surface area contributed by atoms with Gasteiger partial charge < -0.3 is 19.3 Å². The van der Waals surface area contributed by atoms with Gasteiger partial charge in [0.25, 0.3) is 12.2 Å². The summed E-state index contributed by atoms with van der Waals surface area (Å²) in [4.78, 5) is 46.9. The number of nitrogens with one attached hydrogen (secondary N) is 2. The Balaban J connectivity index is 1.97. The second kappa shape index (κ2) is 8.59. The van der Waals surface area contributed by atoms with Crippen molar-refractivity contribution in [2.24, 2.45) is 5.92 Å². The van der Waals surface area contributed by atoms with Gasteiger partial charge in [0.1, 0.15) is 12.1 Å². The van der Waals surface area contributed by atoms with Gasteiger partial charge in [0.05, 0.1) is 6.61 Å². The highest BCUT2D eigenvalue weighted by molar-refractivity contribution is 8.08. The van der Waals surface area contributed by atoms with Crippen LogP contribution >= 0.6 is 6.64 Å². The number of ether oxygens (including phenoxy) is 1. The van der Waals surface area contributed by atoms with E-state index in [0.29, 0.717) is 5.56 Å². The van der Waals surface area contributed by atoms with E-state index in [1.807, 2.05) is 0 Å². The maximum absolute atomic E-state index is 11.9. The Labute approximate surface area is 160 Å². The van der Waals surface area contributed by atoms with Crippen molar-refractivity contribution in [3.8, 4) is 0 Å². The minimum atomic E-state index is -3.55. The van der Waals surface area contributed by atoms with Crippen LogP contribution in [0.4, 0.5) is 0 Å². The lowest BCUT2D eigenvalue weighted by atomic mass is 10.1. The van der Waals surface area contributed by atoms with E-state index in [0.717, 1.165) is 0 Å². The molecular formula is C15H22N3O7PS. The number of aromatic amines is 1. The molecule has 1 aliphatic heterocycles. The van der Waals surface area contributed by atoms with Crippen molar-refractivity contribution in [1.82, 2.24) is 14.6 Å². The molecule has 0 saturated heterocycles. The van der Waals surface area contributed by atoms with Crippen LogP contribution in [0.3, 0.4) is 0 Å². The molecule has 0 spiro atoms. The van der Waals surface area contributed by atoms with Gasteiger partial charge >= 0.3 is 11.7 Å². The van der Waals surface area contributed by atoms with Crippen molar-refractivity contribution in [1.29, 1.82) is 0 Å². The van der Waals surface area contributed by atoms with Gasteiger partial charge in [0.15, 0.2) is 6.23 Å². The highest BCUT2D eigenvalue weighted by Gasteiger charge is 2.30. The summed E-state index contributed by atoms with van der Waals surface area (Å²) in [7, 11) is 0. The second-order valence-electron chi connectivity index (χ2n) is 6.43. The fraction of sp³-hybridized carbons (Fsp3) is 0.533. The van der Waals surface area contributed by atoms with Crippen molar-refractivity contribution >= 4 is 24.4 Å². The Morgan fingerprint density at radius 1 is 1.48 bits per heavy atom. The minimum absolute atomic E-state index is 0.130. The van der Waals surface area contributed by atoms with Crippen LogP contribution in [-0.2, 0) is 25.9 Å². The Kier molecular flexibility index (Phi) is 6.90. The standard InChI is InChI=1S/C15H22N3O7PS/c1-8(2)12(14(20)21)17-26(23,27)24-7-10-4-5-11(25-10)18-6-9(3)13(19)16-15(18)22/h4-6,8,10-12H,7H2,1-3H3,(H,20,21)(H,16,19,22)(H2,17,23,27)/t10-,11+,12?,26?/m0/s1. The third-order valence-electron chi connectivity index (χ3n) is 3.87. The van der Waals surface area contributed by atoms with Crippen molar-refractivity contribution < 1.29 is 24.1 Å². The molecule has 0 amide bonds. The molecule has 2 heterocycles. The first-order valence-electron chi connectivity index (χ1n) is 8.14. The van der Waals surface area contributed by atoms with E-state index < -0.39 is 42.2 Å². The summed E-state index contributed by atoms with van der Waals surface area (Å²) in [5.74, 6) is -1.44. The van der Waals surface area contributed by atoms with Crippen LogP contribution in [0.2, 0.25) is 0 Å². The molecule has 1 aromatic rings. The van der Waals surface area contributed by atoms with E-state index in [2.05, 4.69) is 10.1 Å². The first kappa shape index (κ1) is 21.7. The molecule has 0 bridgehead atoms. The Hall–Kier alpha value is -1.62. The van der Waals surface area contributed by atoms with Crippen molar-refractivity contribution in [2.75, 3.05) is 6.61 Å². The van der Waals surface area contributed by atoms with E-state index in [1.165, 1.54) is 10.8 Å². The number of hydrogen-bond acceptors (Lipinski definition) is 6. The molecule has 10 nitrogen and oxygen atoms in total. The Morgan fingerprint density at radius 3 is 2.74 bits per heavy atom. The maximum Gasteiger partial charge on any atom is 0.330 e. The van der Waals surface area contributed by atoms with Crippen molar-refractivity contribution in [3.63, 3.8) is 0 Å². The fourth-order valence-corrected chi connectivity index (χ4v) is 4.10. The maximum atomic E-state index is 11.9. The normalized spacial score (nSPS) is 22.7. The summed E-state index contributed by atoms with van der Waals surface area (Å²) >= 11 is 4.96.